The normalized spacial score (nSPS) is 10.9. The van der Waals surface area contributed by atoms with Crippen molar-refractivity contribution in [1.82, 2.24) is 0 Å². The van der Waals surface area contributed by atoms with Gasteiger partial charge in [-0.2, -0.15) is 4.39 Å². The molecular formula is C33H33F3O3. The van der Waals surface area contributed by atoms with E-state index in [1.807, 2.05) is 0 Å². The van der Waals surface area contributed by atoms with Crippen molar-refractivity contribution in [2.24, 2.45) is 0 Å². The summed E-state index contributed by atoms with van der Waals surface area (Å²) in [7, 11) is 0. The van der Waals surface area contributed by atoms with Crippen LogP contribution in [-0.2, 0) is 6.61 Å². The molecule has 4 aromatic rings. The van der Waals surface area contributed by atoms with Gasteiger partial charge >= 0.3 is 0 Å². The van der Waals surface area contributed by atoms with E-state index < -0.39 is 11.6 Å². The summed E-state index contributed by atoms with van der Waals surface area (Å²) >= 11 is 0. The van der Waals surface area contributed by atoms with Crippen LogP contribution in [0.1, 0.15) is 45.1 Å². The predicted molar refractivity (Wildman–Crippen MR) is 149 cm³/mol. The fraction of sp³-hybridized carbons (Fsp3) is 0.273. The number of unbranched alkanes of at least 4 members (excludes halogenated alkanes) is 2. The molecule has 0 fully saturated rings. The highest BCUT2D eigenvalue weighted by Gasteiger charge is 2.16. The summed E-state index contributed by atoms with van der Waals surface area (Å²) in [6, 6.07) is 21.7. The fourth-order valence-electron chi connectivity index (χ4n) is 4.03. The maximum absolute atomic E-state index is 14.9. The van der Waals surface area contributed by atoms with Gasteiger partial charge in [-0.3, -0.25) is 0 Å². The van der Waals surface area contributed by atoms with Crippen LogP contribution in [0.15, 0.2) is 78.9 Å². The van der Waals surface area contributed by atoms with Gasteiger partial charge in [-0.25, -0.2) is 8.78 Å². The SMILES string of the molecule is CCCCOc1ccc(-c2ccc(OCc3ccc(-c4ccc(OCCCC)cc4F)cc3)c(F)c2F)cc1. The van der Waals surface area contributed by atoms with Crippen molar-refractivity contribution in [2.75, 3.05) is 13.2 Å². The molecule has 0 aliphatic heterocycles. The molecule has 39 heavy (non-hydrogen) atoms. The first kappa shape index (κ1) is 28.1. The number of rotatable bonds is 13. The zero-order valence-corrected chi connectivity index (χ0v) is 22.3. The number of ether oxygens (including phenoxy) is 3. The molecule has 0 aliphatic rings. The van der Waals surface area contributed by atoms with Gasteiger partial charge in [-0.1, -0.05) is 63.1 Å². The second kappa shape index (κ2) is 13.7. The summed E-state index contributed by atoms with van der Waals surface area (Å²) in [5.41, 5.74) is 2.58. The van der Waals surface area contributed by atoms with Gasteiger partial charge < -0.3 is 14.2 Å². The summed E-state index contributed by atoms with van der Waals surface area (Å²) in [5.74, 6) is -1.37. The molecule has 0 atom stereocenters. The van der Waals surface area contributed by atoms with Crippen LogP contribution in [0.4, 0.5) is 13.2 Å². The van der Waals surface area contributed by atoms with Crippen LogP contribution in [0.2, 0.25) is 0 Å². The van der Waals surface area contributed by atoms with E-state index in [9.17, 15) is 13.2 Å². The van der Waals surface area contributed by atoms with Crippen molar-refractivity contribution in [3.63, 3.8) is 0 Å². The number of hydrogen-bond donors (Lipinski definition) is 0. The molecule has 0 saturated carbocycles. The van der Waals surface area contributed by atoms with E-state index in [0.717, 1.165) is 31.2 Å². The van der Waals surface area contributed by atoms with E-state index in [1.54, 1.807) is 60.7 Å². The van der Waals surface area contributed by atoms with E-state index in [0.29, 0.717) is 41.4 Å². The topological polar surface area (TPSA) is 27.7 Å². The third-order valence-electron chi connectivity index (χ3n) is 6.35. The minimum Gasteiger partial charge on any atom is -0.494 e. The highest BCUT2D eigenvalue weighted by Crippen LogP contribution is 2.32. The lowest BCUT2D eigenvalue weighted by Crippen LogP contribution is -2.00. The molecule has 0 unspecified atom stereocenters. The molecule has 4 aromatic carbocycles. The van der Waals surface area contributed by atoms with Crippen molar-refractivity contribution < 1.29 is 27.4 Å². The fourth-order valence-corrected chi connectivity index (χ4v) is 4.03. The first-order valence-electron chi connectivity index (χ1n) is 13.4. The molecule has 0 aliphatic carbocycles. The maximum atomic E-state index is 14.9. The van der Waals surface area contributed by atoms with E-state index in [2.05, 4.69) is 13.8 Å². The van der Waals surface area contributed by atoms with E-state index in [4.69, 9.17) is 14.2 Å². The number of hydrogen-bond acceptors (Lipinski definition) is 3. The molecule has 3 nitrogen and oxygen atoms in total. The van der Waals surface area contributed by atoms with Gasteiger partial charge in [-0.15, -0.1) is 0 Å². The Hall–Kier alpha value is -3.93. The maximum Gasteiger partial charge on any atom is 0.201 e. The van der Waals surface area contributed by atoms with Crippen LogP contribution in [0.5, 0.6) is 17.2 Å². The van der Waals surface area contributed by atoms with Gasteiger partial charge in [0, 0.05) is 17.2 Å². The minimum atomic E-state index is -1.05. The highest BCUT2D eigenvalue weighted by atomic mass is 19.2. The summed E-state index contributed by atoms with van der Waals surface area (Å²) < 4.78 is 61.1. The molecule has 0 aromatic heterocycles. The Bertz CT molecular complexity index is 1350. The molecule has 0 amide bonds. The lowest BCUT2D eigenvalue weighted by Gasteiger charge is -2.12. The van der Waals surface area contributed by atoms with Gasteiger partial charge in [0.2, 0.25) is 5.82 Å². The Morgan fingerprint density at radius 3 is 1.77 bits per heavy atom. The van der Waals surface area contributed by atoms with Crippen LogP contribution >= 0.6 is 0 Å². The average molecular weight is 535 g/mol. The summed E-state index contributed by atoms with van der Waals surface area (Å²) in [6.45, 7) is 5.36. The Kier molecular flexibility index (Phi) is 9.90. The number of benzene rings is 4. The molecule has 0 heterocycles. The van der Waals surface area contributed by atoms with Crippen LogP contribution < -0.4 is 14.2 Å². The Morgan fingerprint density at radius 2 is 1.13 bits per heavy atom. The van der Waals surface area contributed by atoms with Crippen molar-refractivity contribution >= 4 is 0 Å². The zero-order valence-electron chi connectivity index (χ0n) is 22.3. The monoisotopic (exact) mass is 534 g/mol. The summed E-state index contributed by atoms with van der Waals surface area (Å²) in [4.78, 5) is 0. The molecule has 0 spiro atoms. The molecule has 0 N–H and O–H groups in total. The van der Waals surface area contributed by atoms with Crippen molar-refractivity contribution in [3.05, 3.63) is 102 Å². The third kappa shape index (κ3) is 7.34. The molecular weight excluding hydrogens is 501 g/mol. The van der Waals surface area contributed by atoms with Crippen LogP contribution in [-0.4, -0.2) is 13.2 Å². The summed E-state index contributed by atoms with van der Waals surface area (Å²) in [6.07, 6.45) is 3.91. The van der Waals surface area contributed by atoms with E-state index >= 15 is 0 Å². The smallest absolute Gasteiger partial charge is 0.201 e. The zero-order chi connectivity index (χ0) is 27.6. The van der Waals surface area contributed by atoms with Crippen LogP contribution in [0.25, 0.3) is 22.3 Å². The molecule has 0 bridgehead atoms. The first-order chi connectivity index (χ1) is 19.0. The van der Waals surface area contributed by atoms with Crippen LogP contribution in [0.3, 0.4) is 0 Å². The molecule has 0 radical (unpaired) electrons. The van der Waals surface area contributed by atoms with Gasteiger partial charge in [-0.05, 0) is 65.9 Å². The van der Waals surface area contributed by atoms with Gasteiger partial charge in [0.1, 0.15) is 23.9 Å². The number of halogens is 3. The lowest BCUT2D eigenvalue weighted by atomic mass is 10.0. The van der Waals surface area contributed by atoms with Gasteiger partial charge in [0.15, 0.2) is 11.6 Å². The molecule has 204 valence electrons. The molecule has 4 rings (SSSR count). The standard InChI is InChI=1S/C33H33F3O3/c1-3-5-19-37-26-13-11-25(12-14-26)29-17-18-31(33(36)32(29)35)39-22-23-7-9-24(10-8-23)28-16-15-27(21-30(28)34)38-20-6-4-2/h7-18,21H,3-6,19-20,22H2,1-2H3. The Labute approximate surface area is 228 Å². The second-order valence-corrected chi connectivity index (χ2v) is 9.29. The Balaban J connectivity index is 1.38. The van der Waals surface area contributed by atoms with Crippen molar-refractivity contribution in [2.45, 2.75) is 46.1 Å². The van der Waals surface area contributed by atoms with Gasteiger partial charge in [0.25, 0.3) is 0 Å². The van der Waals surface area contributed by atoms with Crippen molar-refractivity contribution in [1.29, 1.82) is 0 Å². The van der Waals surface area contributed by atoms with E-state index in [-0.39, 0.29) is 23.7 Å². The van der Waals surface area contributed by atoms with Gasteiger partial charge in [0.05, 0.1) is 13.2 Å². The lowest BCUT2D eigenvalue weighted by molar-refractivity contribution is 0.285. The third-order valence-corrected chi connectivity index (χ3v) is 6.35. The van der Waals surface area contributed by atoms with Crippen LogP contribution in [0, 0.1) is 17.5 Å². The van der Waals surface area contributed by atoms with E-state index in [1.165, 1.54) is 18.2 Å². The van der Waals surface area contributed by atoms with Crippen molar-refractivity contribution in [3.8, 4) is 39.5 Å². The second-order valence-electron chi connectivity index (χ2n) is 9.29. The predicted octanol–water partition coefficient (Wildman–Crippen LogP) is 9.37. The average Bonchev–Trinajstić information content (AvgIpc) is 2.95. The Morgan fingerprint density at radius 1 is 0.564 bits per heavy atom. The first-order valence-corrected chi connectivity index (χ1v) is 13.4. The molecule has 6 heteroatoms. The molecule has 0 saturated heterocycles. The largest absolute Gasteiger partial charge is 0.494 e. The quantitative estimate of drug-likeness (QED) is 0.160. The minimum absolute atomic E-state index is 0.0342. The summed E-state index contributed by atoms with van der Waals surface area (Å²) in [5, 5.41) is 0. The highest BCUT2D eigenvalue weighted by molar-refractivity contribution is 5.66.